The van der Waals surface area contributed by atoms with E-state index in [4.69, 9.17) is 15.7 Å². The van der Waals surface area contributed by atoms with Crippen molar-refractivity contribution >= 4 is 11.6 Å². The van der Waals surface area contributed by atoms with Crippen molar-refractivity contribution in [1.29, 1.82) is 5.26 Å². The van der Waals surface area contributed by atoms with E-state index in [1.165, 1.54) is 0 Å². The highest BCUT2D eigenvalue weighted by Gasteiger charge is 2.04. The Morgan fingerprint density at radius 3 is 3.06 bits per heavy atom. The summed E-state index contributed by atoms with van der Waals surface area (Å²) in [6.45, 7) is 2.15. The van der Waals surface area contributed by atoms with Crippen molar-refractivity contribution in [1.82, 2.24) is 5.32 Å². The van der Waals surface area contributed by atoms with Crippen LogP contribution in [0.5, 0.6) is 5.75 Å². The molecule has 0 bridgehead atoms. The van der Waals surface area contributed by atoms with Crippen LogP contribution in [-0.2, 0) is 4.79 Å². The van der Waals surface area contributed by atoms with Crippen LogP contribution in [0.25, 0.3) is 0 Å². The van der Waals surface area contributed by atoms with E-state index in [1.54, 1.807) is 12.1 Å². The number of nitrogens with two attached hydrogens (primary N) is 1. The number of ether oxygens (including phenoxy) is 1. The number of nitrogen functional groups attached to an aromatic ring is 1. The van der Waals surface area contributed by atoms with Crippen LogP contribution in [0.1, 0.15) is 12.0 Å². The number of nitriles is 1. The van der Waals surface area contributed by atoms with E-state index in [0.29, 0.717) is 24.4 Å². The van der Waals surface area contributed by atoms with Crippen LogP contribution in [0.2, 0.25) is 0 Å². The third-order valence-electron chi connectivity index (χ3n) is 2.13. The van der Waals surface area contributed by atoms with Crippen molar-refractivity contribution in [3.05, 3.63) is 23.8 Å². The Hall–Kier alpha value is -2.22. The van der Waals surface area contributed by atoms with Gasteiger partial charge in [-0.1, -0.05) is 6.07 Å². The summed E-state index contributed by atoms with van der Waals surface area (Å²) >= 11 is 0. The van der Waals surface area contributed by atoms with Crippen molar-refractivity contribution in [3.63, 3.8) is 0 Å². The Morgan fingerprint density at radius 2 is 2.35 bits per heavy atom. The molecule has 0 heterocycles. The topological polar surface area (TPSA) is 88.1 Å². The van der Waals surface area contributed by atoms with Gasteiger partial charge in [0.1, 0.15) is 5.75 Å². The van der Waals surface area contributed by atoms with E-state index in [0.717, 1.165) is 5.56 Å². The highest BCUT2D eigenvalue weighted by atomic mass is 16.5. The molecule has 0 aliphatic rings. The zero-order valence-corrected chi connectivity index (χ0v) is 9.69. The SMILES string of the molecule is Cc1ccc(N)cc1OCC(=O)NCCC#N. The van der Waals surface area contributed by atoms with Gasteiger partial charge in [0.15, 0.2) is 6.61 Å². The predicted octanol–water partition coefficient (Wildman–Crippen LogP) is 0.986. The molecule has 0 aromatic heterocycles. The van der Waals surface area contributed by atoms with Crippen LogP contribution >= 0.6 is 0 Å². The molecule has 0 radical (unpaired) electrons. The molecule has 17 heavy (non-hydrogen) atoms. The molecule has 1 rings (SSSR count). The number of rotatable bonds is 5. The third kappa shape index (κ3) is 4.43. The molecule has 0 saturated heterocycles. The van der Waals surface area contributed by atoms with Gasteiger partial charge in [0.2, 0.25) is 0 Å². The largest absolute Gasteiger partial charge is 0.483 e. The fourth-order valence-corrected chi connectivity index (χ4v) is 1.22. The van der Waals surface area contributed by atoms with Gasteiger partial charge in [0.05, 0.1) is 12.5 Å². The van der Waals surface area contributed by atoms with Crippen LogP contribution in [0, 0.1) is 18.3 Å². The molecule has 0 aliphatic carbocycles. The van der Waals surface area contributed by atoms with E-state index in [2.05, 4.69) is 5.32 Å². The first-order chi connectivity index (χ1) is 8.13. The number of amides is 1. The van der Waals surface area contributed by atoms with Gasteiger partial charge in [-0.3, -0.25) is 4.79 Å². The highest BCUT2D eigenvalue weighted by molar-refractivity contribution is 5.77. The van der Waals surface area contributed by atoms with Crippen molar-refractivity contribution in [2.75, 3.05) is 18.9 Å². The summed E-state index contributed by atoms with van der Waals surface area (Å²) in [7, 11) is 0. The molecule has 0 unspecified atom stereocenters. The van der Waals surface area contributed by atoms with Crippen LogP contribution in [-0.4, -0.2) is 19.1 Å². The first-order valence-corrected chi connectivity index (χ1v) is 5.26. The lowest BCUT2D eigenvalue weighted by atomic mass is 10.2. The van der Waals surface area contributed by atoms with Crippen molar-refractivity contribution in [2.24, 2.45) is 0 Å². The number of aryl methyl sites for hydroxylation is 1. The third-order valence-corrected chi connectivity index (χ3v) is 2.13. The van der Waals surface area contributed by atoms with Gasteiger partial charge in [0.25, 0.3) is 5.91 Å². The van der Waals surface area contributed by atoms with Gasteiger partial charge in [-0.05, 0) is 18.6 Å². The molecule has 90 valence electrons. The summed E-state index contributed by atoms with van der Waals surface area (Å²) in [5, 5.41) is 10.9. The molecule has 0 atom stereocenters. The number of nitrogens with zero attached hydrogens (tertiary/aromatic N) is 1. The Labute approximate surface area is 100 Å². The van der Waals surface area contributed by atoms with E-state index in [1.807, 2.05) is 19.1 Å². The van der Waals surface area contributed by atoms with Crippen LogP contribution in [0.3, 0.4) is 0 Å². The lowest BCUT2D eigenvalue weighted by Crippen LogP contribution is -2.29. The second-order valence-electron chi connectivity index (χ2n) is 3.57. The molecule has 5 heteroatoms. The summed E-state index contributed by atoms with van der Waals surface area (Å²) < 4.78 is 5.34. The first kappa shape index (κ1) is 12.8. The Kier molecular flexibility index (Phi) is 4.82. The smallest absolute Gasteiger partial charge is 0.257 e. The number of hydrogen-bond donors (Lipinski definition) is 2. The van der Waals surface area contributed by atoms with Crippen LogP contribution in [0.4, 0.5) is 5.69 Å². The summed E-state index contributed by atoms with van der Waals surface area (Å²) in [6, 6.07) is 7.22. The monoisotopic (exact) mass is 233 g/mol. The standard InChI is InChI=1S/C12H15N3O2/c1-9-3-4-10(14)7-11(9)17-8-12(16)15-6-2-5-13/h3-4,7H,2,6,8,14H2,1H3,(H,15,16). The molecule has 0 fully saturated rings. The van der Waals surface area contributed by atoms with Crippen LogP contribution in [0.15, 0.2) is 18.2 Å². The van der Waals surface area contributed by atoms with E-state index in [-0.39, 0.29) is 12.5 Å². The van der Waals surface area contributed by atoms with Crippen molar-refractivity contribution < 1.29 is 9.53 Å². The summed E-state index contributed by atoms with van der Waals surface area (Å²) in [5.74, 6) is 0.350. The maximum atomic E-state index is 11.3. The minimum Gasteiger partial charge on any atom is -0.483 e. The van der Waals surface area contributed by atoms with Gasteiger partial charge in [-0.15, -0.1) is 0 Å². The molecule has 0 saturated carbocycles. The second kappa shape index (κ2) is 6.38. The summed E-state index contributed by atoms with van der Waals surface area (Å²) in [6.07, 6.45) is 0.295. The van der Waals surface area contributed by atoms with Gasteiger partial charge in [-0.25, -0.2) is 0 Å². The minimum absolute atomic E-state index is 0.0737. The molecule has 3 N–H and O–H groups in total. The van der Waals surface area contributed by atoms with Crippen LogP contribution < -0.4 is 15.8 Å². The highest BCUT2D eigenvalue weighted by Crippen LogP contribution is 2.20. The fourth-order valence-electron chi connectivity index (χ4n) is 1.22. The minimum atomic E-state index is -0.248. The normalized spacial score (nSPS) is 9.41. The molecular weight excluding hydrogens is 218 g/mol. The molecule has 1 aromatic rings. The zero-order valence-electron chi connectivity index (χ0n) is 9.69. The number of carbonyl (C=O) groups is 1. The zero-order chi connectivity index (χ0) is 12.7. The van der Waals surface area contributed by atoms with E-state index < -0.39 is 0 Å². The molecule has 1 amide bonds. The molecule has 0 aliphatic heterocycles. The fraction of sp³-hybridized carbons (Fsp3) is 0.333. The van der Waals surface area contributed by atoms with Gasteiger partial charge in [0, 0.05) is 18.3 Å². The summed E-state index contributed by atoms with van der Waals surface area (Å²) in [5.41, 5.74) is 7.13. The number of nitrogens with one attached hydrogen (secondary N) is 1. The quantitative estimate of drug-likeness (QED) is 0.586. The predicted molar refractivity (Wildman–Crippen MR) is 64.3 cm³/mol. The molecule has 5 nitrogen and oxygen atoms in total. The molecular formula is C12H15N3O2. The number of carbonyl (C=O) groups excluding carboxylic acids is 1. The van der Waals surface area contributed by atoms with Gasteiger partial charge >= 0.3 is 0 Å². The molecule has 1 aromatic carbocycles. The maximum absolute atomic E-state index is 11.3. The van der Waals surface area contributed by atoms with Gasteiger partial charge < -0.3 is 15.8 Å². The second-order valence-corrected chi connectivity index (χ2v) is 3.57. The average molecular weight is 233 g/mol. The van der Waals surface area contributed by atoms with E-state index in [9.17, 15) is 4.79 Å². The first-order valence-electron chi connectivity index (χ1n) is 5.26. The molecule has 0 spiro atoms. The number of hydrogen-bond acceptors (Lipinski definition) is 4. The van der Waals surface area contributed by atoms with Crippen molar-refractivity contribution in [2.45, 2.75) is 13.3 Å². The Morgan fingerprint density at radius 1 is 1.59 bits per heavy atom. The average Bonchev–Trinajstić information content (AvgIpc) is 2.31. The Bertz CT molecular complexity index is 438. The number of benzene rings is 1. The van der Waals surface area contributed by atoms with E-state index >= 15 is 0 Å². The summed E-state index contributed by atoms with van der Waals surface area (Å²) in [4.78, 5) is 11.3. The maximum Gasteiger partial charge on any atom is 0.257 e. The number of anilines is 1. The van der Waals surface area contributed by atoms with Crippen molar-refractivity contribution in [3.8, 4) is 11.8 Å². The Balaban J connectivity index is 2.42. The lowest BCUT2D eigenvalue weighted by molar-refractivity contribution is -0.123. The lowest BCUT2D eigenvalue weighted by Gasteiger charge is -2.09. The van der Waals surface area contributed by atoms with Gasteiger partial charge in [-0.2, -0.15) is 5.26 Å².